The van der Waals surface area contributed by atoms with E-state index < -0.39 is 0 Å². The molecular formula is C22H34N4O2. The molecule has 1 N–H and O–H groups in total. The lowest BCUT2D eigenvalue weighted by Crippen LogP contribution is -2.46. The van der Waals surface area contributed by atoms with Crippen LogP contribution in [0.25, 0.3) is 0 Å². The van der Waals surface area contributed by atoms with Crippen molar-refractivity contribution in [1.29, 1.82) is 0 Å². The monoisotopic (exact) mass is 386 g/mol. The Bertz CT molecular complexity index is 720. The van der Waals surface area contributed by atoms with Crippen LogP contribution in [0.2, 0.25) is 0 Å². The lowest BCUT2D eigenvalue weighted by Gasteiger charge is -2.36. The van der Waals surface area contributed by atoms with Crippen molar-refractivity contribution in [1.82, 2.24) is 20.0 Å². The smallest absolute Gasteiger partial charge is 0.272 e. The summed E-state index contributed by atoms with van der Waals surface area (Å²) in [6.07, 6.45) is 12.8. The van der Waals surface area contributed by atoms with Crippen LogP contribution in [0.15, 0.2) is 0 Å². The van der Waals surface area contributed by atoms with E-state index in [0.29, 0.717) is 6.54 Å². The molecule has 2 amide bonds. The van der Waals surface area contributed by atoms with Crippen molar-refractivity contribution in [3.05, 3.63) is 17.0 Å². The van der Waals surface area contributed by atoms with E-state index in [-0.39, 0.29) is 23.8 Å². The first-order valence-electron chi connectivity index (χ1n) is 11.3. The van der Waals surface area contributed by atoms with Crippen LogP contribution in [0.1, 0.15) is 86.0 Å². The predicted octanol–water partition coefficient (Wildman–Crippen LogP) is 2.99. The van der Waals surface area contributed by atoms with Crippen molar-refractivity contribution < 1.29 is 9.59 Å². The number of amides is 2. The fraction of sp³-hybridized carbons (Fsp3) is 0.773. The number of aryl methyl sites for hydroxylation is 2. The minimum absolute atomic E-state index is 0.143. The van der Waals surface area contributed by atoms with E-state index in [1.165, 1.54) is 24.8 Å². The Morgan fingerprint density at radius 1 is 1.04 bits per heavy atom. The molecule has 1 aromatic rings. The van der Waals surface area contributed by atoms with Gasteiger partial charge in [0.15, 0.2) is 0 Å². The van der Waals surface area contributed by atoms with Crippen molar-refractivity contribution >= 4 is 11.8 Å². The number of nitrogens with zero attached hydrogens (tertiary/aromatic N) is 3. The van der Waals surface area contributed by atoms with Crippen LogP contribution in [0, 0.1) is 5.92 Å². The lowest BCUT2D eigenvalue weighted by atomic mass is 9.94. The predicted molar refractivity (Wildman–Crippen MR) is 108 cm³/mol. The van der Waals surface area contributed by atoms with Crippen molar-refractivity contribution in [3.8, 4) is 0 Å². The second kappa shape index (κ2) is 8.66. The topological polar surface area (TPSA) is 67.2 Å². The highest BCUT2D eigenvalue weighted by Gasteiger charge is 2.32. The summed E-state index contributed by atoms with van der Waals surface area (Å²) >= 11 is 0. The number of aromatic nitrogens is 2. The maximum Gasteiger partial charge on any atom is 0.272 e. The fourth-order valence-corrected chi connectivity index (χ4v) is 5.35. The molecule has 28 heavy (non-hydrogen) atoms. The number of hydrogen-bond acceptors (Lipinski definition) is 3. The molecule has 0 radical (unpaired) electrons. The average Bonchev–Trinajstić information content (AvgIpc) is 3.35. The Hall–Kier alpha value is -1.85. The van der Waals surface area contributed by atoms with E-state index in [2.05, 4.69) is 15.3 Å². The zero-order valence-corrected chi connectivity index (χ0v) is 17.2. The van der Waals surface area contributed by atoms with Gasteiger partial charge in [0.1, 0.15) is 5.69 Å². The molecular weight excluding hydrogens is 352 g/mol. The van der Waals surface area contributed by atoms with E-state index in [4.69, 9.17) is 0 Å². The highest BCUT2D eigenvalue weighted by Crippen LogP contribution is 2.28. The van der Waals surface area contributed by atoms with Gasteiger partial charge in [-0.3, -0.25) is 14.3 Å². The van der Waals surface area contributed by atoms with Crippen LogP contribution in [0.5, 0.6) is 0 Å². The van der Waals surface area contributed by atoms with Crippen LogP contribution in [0.4, 0.5) is 0 Å². The number of likely N-dealkylation sites (tertiary alicyclic amines) is 1. The van der Waals surface area contributed by atoms with E-state index in [1.54, 1.807) is 0 Å². The second-order valence-electron chi connectivity index (χ2n) is 8.81. The molecule has 0 bridgehead atoms. The third kappa shape index (κ3) is 3.96. The summed E-state index contributed by atoms with van der Waals surface area (Å²) < 4.78 is 1.81. The molecule has 1 unspecified atom stereocenters. The van der Waals surface area contributed by atoms with Crippen molar-refractivity contribution in [2.45, 2.75) is 83.1 Å². The molecule has 1 saturated heterocycles. The molecule has 0 spiro atoms. The van der Waals surface area contributed by atoms with Gasteiger partial charge in [-0.2, -0.15) is 5.10 Å². The summed E-state index contributed by atoms with van der Waals surface area (Å²) in [5, 5.41) is 7.77. The number of piperidine rings is 1. The van der Waals surface area contributed by atoms with Crippen LogP contribution in [-0.4, -0.2) is 45.6 Å². The Kier molecular flexibility index (Phi) is 6.02. The second-order valence-corrected chi connectivity index (χ2v) is 8.81. The van der Waals surface area contributed by atoms with Gasteiger partial charge >= 0.3 is 0 Å². The minimum Gasteiger partial charge on any atom is -0.356 e. The van der Waals surface area contributed by atoms with Crippen molar-refractivity contribution in [2.75, 3.05) is 13.1 Å². The Balaban J connectivity index is 1.40. The first kappa shape index (κ1) is 19.5. The quantitative estimate of drug-likeness (QED) is 0.846. The first-order valence-corrected chi connectivity index (χ1v) is 11.3. The molecule has 6 nitrogen and oxygen atoms in total. The van der Waals surface area contributed by atoms with Crippen LogP contribution in [0.3, 0.4) is 0 Å². The standard InChI is InChI=1S/C22H34N4O2/c1-25-20(18-11-4-5-12-19(18)24-25)22(28)26-15-7-6-10-17(26)13-14-23-21(27)16-8-2-3-9-16/h16-17H,2-15H2,1H3,(H,23,27). The van der Waals surface area contributed by atoms with Gasteiger partial charge in [-0.15, -0.1) is 0 Å². The summed E-state index contributed by atoms with van der Waals surface area (Å²) in [7, 11) is 1.91. The molecule has 3 aliphatic rings. The summed E-state index contributed by atoms with van der Waals surface area (Å²) in [4.78, 5) is 27.8. The zero-order valence-electron chi connectivity index (χ0n) is 17.2. The average molecular weight is 387 g/mol. The number of fused-ring (bicyclic) bond motifs is 1. The normalized spacial score (nSPS) is 22.9. The molecule has 6 heteroatoms. The Morgan fingerprint density at radius 2 is 1.79 bits per heavy atom. The highest BCUT2D eigenvalue weighted by atomic mass is 16.2. The van der Waals surface area contributed by atoms with Gasteiger partial charge in [0.05, 0.1) is 5.69 Å². The maximum absolute atomic E-state index is 13.4. The molecule has 2 aliphatic carbocycles. The first-order chi connectivity index (χ1) is 13.6. The number of carbonyl (C=O) groups excluding carboxylic acids is 2. The summed E-state index contributed by atoms with van der Waals surface area (Å²) in [6, 6.07) is 0.222. The fourth-order valence-electron chi connectivity index (χ4n) is 5.35. The molecule has 0 aromatic carbocycles. The number of nitrogens with one attached hydrogen (secondary N) is 1. The Labute approximate surface area is 168 Å². The van der Waals surface area contributed by atoms with Crippen LogP contribution in [-0.2, 0) is 24.7 Å². The Morgan fingerprint density at radius 3 is 2.61 bits per heavy atom. The van der Waals surface area contributed by atoms with Gasteiger partial charge in [0, 0.05) is 37.7 Å². The largest absolute Gasteiger partial charge is 0.356 e. The van der Waals surface area contributed by atoms with Gasteiger partial charge in [0.2, 0.25) is 5.91 Å². The van der Waals surface area contributed by atoms with Gasteiger partial charge in [-0.25, -0.2) is 0 Å². The van der Waals surface area contributed by atoms with Crippen molar-refractivity contribution in [3.63, 3.8) is 0 Å². The number of carbonyl (C=O) groups is 2. The number of rotatable bonds is 5. The minimum atomic E-state index is 0.143. The maximum atomic E-state index is 13.4. The van der Waals surface area contributed by atoms with Gasteiger partial charge in [-0.1, -0.05) is 12.8 Å². The number of hydrogen-bond donors (Lipinski definition) is 1. The summed E-state index contributed by atoms with van der Waals surface area (Å²) in [5.74, 6) is 0.571. The van der Waals surface area contributed by atoms with Crippen LogP contribution < -0.4 is 5.32 Å². The molecule has 1 aromatic heterocycles. The third-order valence-corrected chi connectivity index (χ3v) is 6.91. The molecule has 1 saturated carbocycles. The highest BCUT2D eigenvalue weighted by molar-refractivity contribution is 5.94. The SMILES string of the molecule is Cn1nc2c(c1C(=O)N1CCCCC1CCNC(=O)C1CCCC1)CCCC2. The van der Waals surface area contributed by atoms with Gasteiger partial charge in [0.25, 0.3) is 5.91 Å². The van der Waals surface area contributed by atoms with Crippen molar-refractivity contribution in [2.24, 2.45) is 13.0 Å². The molecule has 1 aliphatic heterocycles. The molecule has 154 valence electrons. The van der Waals surface area contributed by atoms with Gasteiger partial charge in [-0.05, 0) is 64.2 Å². The molecule has 2 fully saturated rings. The molecule has 2 heterocycles. The molecule has 1 atom stereocenters. The van der Waals surface area contributed by atoms with E-state index >= 15 is 0 Å². The van der Waals surface area contributed by atoms with E-state index in [1.807, 2.05) is 11.7 Å². The third-order valence-electron chi connectivity index (χ3n) is 6.91. The van der Waals surface area contributed by atoms with E-state index in [9.17, 15) is 9.59 Å². The summed E-state index contributed by atoms with van der Waals surface area (Å²) in [6.45, 7) is 1.49. The van der Waals surface area contributed by atoms with E-state index in [0.717, 1.165) is 75.7 Å². The van der Waals surface area contributed by atoms with Gasteiger partial charge < -0.3 is 10.2 Å². The zero-order chi connectivity index (χ0) is 19.5. The lowest BCUT2D eigenvalue weighted by molar-refractivity contribution is -0.124. The molecule has 4 rings (SSSR count). The van der Waals surface area contributed by atoms with Crippen LogP contribution >= 0.6 is 0 Å². The summed E-state index contributed by atoms with van der Waals surface area (Å²) in [5.41, 5.74) is 3.10.